The van der Waals surface area contributed by atoms with Crippen molar-refractivity contribution < 1.29 is 27.0 Å². The van der Waals surface area contributed by atoms with E-state index in [1.807, 2.05) is 67.6 Å². The first-order valence-corrected chi connectivity index (χ1v) is 7.07. The molecule has 0 saturated carbocycles. The molecule has 0 saturated heterocycles. The largest absolute Gasteiger partial charge is 2.00 e. The minimum Gasteiger partial charge on any atom is -0.507 e. The topological polar surface area (TPSA) is 37.3 Å². The van der Waals surface area contributed by atoms with Gasteiger partial charge in [-0.05, 0) is 24.6 Å². The SMILES string of the molecule is Cc1ccc(C(=O)/C=C/c2ccc[cH-]2)c(O)c1.[Fe+2].c1cc[cH-]c1. The van der Waals surface area contributed by atoms with E-state index in [0.29, 0.717) is 5.56 Å². The summed E-state index contributed by atoms with van der Waals surface area (Å²) in [6, 6.07) is 22.7. The summed E-state index contributed by atoms with van der Waals surface area (Å²) >= 11 is 0. The third-order valence-electron chi connectivity index (χ3n) is 3.09. The minimum absolute atomic E-state index is 0. The maximum absolute atomic E-state index is 11.8. The second kappa shape index (κ2) is 9.62. The van der Waals surface area contributed by atoms with Crippen molar-refractivity contribution in [3.05, 3.63) is 95.6 Å². The molecule has 0 aliphatic carbocycles. The molecule has 2 nitrogen and oxygen atoms in total. The molecule has 3 heteroatoms. The number of hydrogen-bond donors (Lipinski definition) is 1. The van der Waals surface area contributed by atoms with E-state index in [1.165, 1.54) is 6.08 Å². The van der Waals surface area contributed by atoms with Crippen LogP contribution in [0.3, 0.4) is 0 Å². The number of aromatic hydroxyl groups is 1. The number of aryl methyl sites for hydroxylation is 1. The maximum atomic E-state index is 11.8. The van der Waals surface area contributed by atoms with Crippen molar-refractivity contribution in [3.63, 3.8) is 0 Å². The van der Waals surface area contributed by atoms with Crippen LogP contribution in [0.4, 0.5) is 0 Å². The van der Waals surface area contributed by atoms with E-state index in [9.17, 15) is 9.90 Å². The summed E-state index contributed by atoms with van der Waals surface area (Å²) in [6.45, 7) is 1.87. The molecule has 0 heterocycles. The molecule has 3 rings (SSSR count). The summed E-state index contributed by atoms with van der Waals surface area (Å²) < 4.78 is 0. The summed E-state index contributed by atoms with van der Waals surface area (Å²) in [5, 5.41) is 9.66. The molecule has 1 N–H and O–H groups in total. The summed E-state index contributed by atoms with van der Waals surface area (Å²) in [5.74, 6) is -0.161. The molecule has 0 atom stereocenters. The first-order valence-electron chi connectivity index (χ1n) is 7.07. The van der Waals surface area contributed by atoms with Gasteiger partial charge in [0.15, 0.2) is 5.78 Å². The summed E-state index contributed by atoms with van der Waals surface area (Å²) in [5.41, 5.74) is 2.24. The molecule has 0 aliphatic heterocycles. The minimum atomic E-state index is -0.191. The Morgan fingerprint density at radius 2 is 1.83 bits per heavy atom. The van der Waals surface area contributed by atoms with E-state index < -0.39 is 0 Å². The van der Waals surface area contributed by atoms with Crippen molar-refractivity contribution in [2.75, 3.05) is 0 Å². The average Bonchev–Trinajstić information content (AvgIpc) is 3.21. The Morgan fingerprint density at radius 3 is 2.35 bits per heavy atom. The van der Waals surface area contributed by atoms with Gasteiger partial charge in [-0.1, -0.05) is 12.1 Å². The number of phenolic OH excluding ortho intramolecular Hbond substituents is 1. The van der Waals surface area contributed by atoms with Crippen LogP contribution in [0.2, 0.25) is 0 Å². The van der Waals surface area contributed by atoms with Gasteiger partial charge in [0, 0.05) is 0 Å². The fourth-order valence-electron chi connectivity index (χ4n) is 1.93. The Labute approximate surface area is 147 Å². The van der Waals surface area contributed by atoms with Crippen LogP contribution < -0.4 is 0 Å². The van der Waals surface area contributed by atoms with E-state index >= 15 is 0 Å². The Hall–Kier alpha value is -2.35. The third kappa shape index (κ3) is 6.11. The number of rotatable bonds is 3. The molecule has 118 valence electrons. The van der Waals surface area contributed by atoms with Gasteiger partial charge in [0.2, 0.25) is 0 Å². The molecule has 0 fully saturated rings. The molecule has 3 aromatic rings. The van der Waals surface area contributed by atoms with Gasteiger partial charge in [0.05, 0.1) is 5.56 Å². The molecule has 0 unspecified atom stereocenters. The molecular weight excluding hydrogens is 328 g/mol. The molecule has 0 spiro atoms. The van der Waals surface area contributed by atoms with E-state index in [1.54, 1.807) is 18.2 Å². The van der Waals surface area contributed by atoms with E-state index in [2.05, 4.69) is 0 Å². The number of ketones is 1. The van der Waals surface area contributed by atoms with Gasteiger partial charge < -0.3 is 5.11 Å². The maximum Gasteiger partial charge on any atom is 2.00 e. The first-order chi connectivity index (χ1) is 10.7. The van der Waals surface area contributed by atoms with Crippen LogP contribution in [-0.2, 0) is 17.1 Å². The van der Waals surface area contributed by atoms with E-state index in [0.717, 1.165) is 11.1 Å². The van der Waals surface area contributed by atoms with Crippen molar-refractivity contribution in [1.29, 1.82) is 0 Å². The zero-order valence-electron chi connectivity index (χ0n) is 12.8. The number of benzene rings is 1. The summed E-state index contributed by atoms with van der Waals surface area (Å²) in [6.07, 6.45) is 3.21. The van der Waals surface area contributed by atoms with Crippen LogP contribution in [-0.4, -0.2) is 10.9 Å². The molecule has 0 radical (unpaired) electrons. The fourth-order valence-corrected chi connectivity index (χ4v) is 1.93. The number of carbonyl (C=O) groups excluding carboxylic acids is 1. The van der Waals surface area contributed by atoms with Crippen molar-refractivity contribution >= 4 is 11.9 Å². The molecule has 0 bridgehead atoms. The predicted octanol–water partition coefficient (Wildman–Crippen LogP) is 4.72. The number of carbonyl (C=O) groups is 1. The zero-order chi connectivity index (χ0) is 15.8. The van der Waals surface area contributed by atoms with Crippen LogP contribution in [0.15, 0.2) is 78.9 Å². The molecule has 0 aliphatic rings. The molecule has 0 amide bonds. The average molecular weight is 346 g/mol. The van der Waals surface area contributed by atoms with Gasteiger partial charge in [-0.2, -0.15) is 42.0 Å². The van der Waals surface area contributed by atoms with Crippen molar-refractivity contribution in [2.24, 2.45) is 0 Å². The van der Waals surface area contributed by atoms with E-state index in [4.69, 9.17) is 0 Å². The Morgan fingerprint density at radius 1 is 1.09 bits per heavy atom. The van der Waals surface area contributed by atoms with Crippen molar-refractivity contribution in [3.8, 4) is 5.75 Å². The molecule has 3 aromatic carbocycles. The second-order valence-corrected chi connectivity index (χ2v) is 4.90. The first kappa shape index (κ1) is 18.7. The molecule has 23 heavy (non-hydrogen) atoms. The number of allylic oxidation sites excluding steroid dienone is 1. The summed E-state index contributed by atoms with van der Waals surface area (Å²) in [7, 11) is 0. The second-order valence-electron chi connectivity index (χ2n) is 4.90. The van der Waals surface area contributed by atoms with Crippen LogP contribution in [0.25, 0.3) is 6.08 Å². The van der Waals surface area contributed by atoms with Crippen molar-refractivity contribution in [2.45, 2.75) is 6.92 Å². The van der Waals surface area contributed by atoms with Gasteiger partial charge in [-0.3, -0.25) is 4.79 Å². The van der Waals surface area contributed by atoms with Crippen LogP contribution >= 0.6 is 0 Å². The molecular formula is C20H18FeO2. The fraction of sp³-hybridized carbons (Fsp3) is 0.0500. The monoisotopic (exact) mass is 346 g/mol. The van der Waals surface area contributed by atoms with Gasteiger partial charge in [-0.25, -0.2) is 12.1 Å². The quantitative estimate of drug-likeness (QED) is 0.323. The van der Waals surface area contributed by atoms with Gasteiger partial charge >= 0.3 is 17.1 Å². The normalized spacial score (nSPS) is 9.78. The Kier molecular flexibility index (Phi) is 7.82. The van der Waals surface area contributed by atoms with Crippen LogP contribution in [0.5, 0.6) is 5.75 Å². The Bertz CT molecular complexity index is 706. The third-order valence-corrected chi connectivity index (χ3v) is 3.09. The van der Waals surface area contributed by atoms with Crippen molar-refractivity contribution in [1.82, 2.24) is 0 Å². The van der Waals surface area contributed by atoms with Gasteiger partial charge in [-0.15, -0.1) is 12.1 Å². The smallest absolute Gasteiger partial charge is 0.507 e. The predicted molar refractivity (Wildman–Crippen MR) is 90.3 cm³/mol. The standard InChI is InChI=1S/C15H13O2.C5H5.Fe/c1-11-6-8-13(15(17)10-11)14(16)9-7-12-4-2-3-5-12;1-2-4-5-3-1;/h2-10,17H,1H3;1-5H;/q2*-1;+2/b9-7+;;. The van der Waals surface area contributed by atoms with Crippen LogP contribution in [0.1, 0.15) is 21.5 Å². The summed E-state index contributed by atoms with van der Waals surface area (Å²) in [4.78, 5) is 11.8. The van der Waals surface area contributed by atoms with Gasteiger partial charge in [0.1, 0.15) is 5.75 Å². The zero-order valence-corrected chi connectivity index (χ0v) is 13.9. The Balaban J connectivity index is 0.000000377. The molecule has 0 aromatic heterocycles. The number of hydrogen-bond acceptors (Lipinski definition) is 2. The van der Waals surface area contributed by atoms with E-state index in [-0.39, 0.29) is 28.6 Å². The van der Waals surface area contributed by atoms with Crippen LogP contribution in [0, 0.1) is 6.92 Å². The number of phenols is 1. The van der Waals surface area contributed by atoms with Gasteiger partial charge in [0.25, 0.3) is 0 Å².